The zero-order valence-electron chi connectivity index (χ0n) is 11.1. The minimum absolute atomic E-state index is 0.902. The zero-order valence-corrected chi connectivity index (χ0v) is 11.1. The van der Waals surface area contributed by atoms with Crippen molar-refractivity contribution in [3.8, 4) is 0 Å². The van der Waals surface area contributed by atoms with Gasteiger partial charge in [0.2, 0.25) is 0 Å². The Morgan fingerprint density at radius 1 is 1.33 bits per heavy atom. The lowest BCUT2D eigenvalue weighted by molar-refractivity contribution is 0.567. The van der Waals surface area contributed by atoms with Gasteiger partial charge >= 0.3 is 0 Å². The topological polar surface area (TPSA) is 58.5 Å². The highest BCUT2D eigenvalue weighted by atomic mass is 15.1. The van der Waals surface area contributed by atoms with E-state index in [2.05, 4.69) is 32.0 Å². The number of aromatic nitrogens is 4. The number of H-pyrrole nitrogens is 1. The van der Waals surface area contributed by atoms with E-state index in [-0.39, 0.29) is 0 Å². The molecule has 2 heterocycles. The number of nitrogens with one attached hydrogen (secondary N) is 2. The Balaban J connectivity index is 1.59. The summed E-state index contributed by atoms with van der Waals surface area (Å²) in [6.45, 7) is 7.10. The van der Waals surface area contributed by atoms with Gasteiger partial charge in [0.25, 0.3) is 0 Å². The fourth-order valence-corrected chi connectivity index (χ4v) is 2.01. The molecular weight excluding hydrogens is 226 g/mol. The van der Waals surface area contributed by atoms with Crippen molar-refractivity contribution in [1.29, 1.82) is 0 Å². The Kier molecular flexibility index (Phi) is 4.52. The number of imidazole rings is 1. The summed E-state index contributed by atoms with van der Waals surface area (Å²) >= 11 is 0. The summed E-state index contributed by atoms with van der Waals surface area (Å²) in [6.07, 6.45) is 8.04. The van der Waals surface area contributed by atoms with Crippen LogP contribution in [0.15, 0.2) is 18.7 Å². The van der Waals surface area contributed by atoms with Crippen LogP contribution >= 0.6 is 0 Å². The van der Waals surface area contributed by atoms with Gasteiger partial charge in [0, 0.05) is 36.7 Å². The maximum absolute atomic E-state index is 4.19. The van der Waals surface area contributed by atoms with E-state index in [4.69, 9.17) is 0 Å². The molecular formula is C13H21N5. The van der Waals surface area contributed by atoms with Crippen LogP contribution < -0.4 is 5.32 Å². The normalized spacial score (nSPS) is 11.0. The maximum atomic E-state index is 4.19. The van der Waals surface area contributed by atoms with Crippen molar-refractivity contribution in [3.05, 3.63) is 35.7 Å². The van der Waals surface area contributed by atoms with Gasteiger partial charge in [0.05, 0.1) is 12.0 Å². The lowest BCUT2D eigenvalue weighted by atomic mass is 10.2. The van der Waals surface area contributed by atoms with Crippen LogP contribution in [-0.2, 0) is 13.1 Å². The first-order valence-electron chi connectivity index (χ1n) is 6.44. The third-order valence-corrected chi connectivity index (χ3v) is 3.16. The lowest BCUT2D eigenvalue weighted by Gasteiger charge is -2.05. The monoisotopic (exact) mass is 247 g/mol. The number of unbranched alkanes of at least 4 members (excludes halogenated alkanes) is 1. The number of rotatable bonds is 7. The maximum Gasteiger partial charge on any atom is 0.0945 e. The molecule has 18 heavy (non-hydrogen) atoms. The highest BCUT2D eigenvalue weighted by Gasteiger charge is 2.04. The summed E-state index contributed by atoms with van der Waals surface area (Å²) < 4.78 is 2.12. The van der Waals surface area contributed by atoms with Crippen molar-refractivity contribution in [2.75, 3.05) is 6.54 Å². The molecule has 0 unspecified atom stereocenters. The fraction of sp³-hybridized carbons (Fsp3) is 0.538. The minimum Gasteiger partial charge on any atom is -0.337 e. The van der Waals surface area contributed by atoms with Gasteiger partial charge in [0.15, 0.2) is 0 Å². The van der Waals surface area contributed by atoms with E-state index >= 15 is 0 Å². The molecule has 0 saturated carbocycles. The molecule has 2 aromatic rings. The van der Waals surface area contributed by atoms with E-state index < -0.39 is 0 Å². The molecule has 0 bridgehead atoms. The largest absolute Gasteiger partial charge is 0.337 e. The van der Waals surface area contributed by atoms with Crippen LogP contribution in [0, 0.1) is 13.8 Å². The number of hydrogen-bond donors (Lipinski definition) is 2. The first-order valence-corrected chi connectivity index (χ1v) is 6.44. The molecule has 0 aliphatic carbocycles. The molecule has 0 aliphatic heterocycles. The SMILES string of the molecule is Cc1n[nH]c(C)c1CNCCCCn1ccnc1. The van der Waals surface area contributed by atoms with E-state index in [9.17, 15) is 0 Å². The third kappa shape index (κ3) is 3.43. The van der Waals surface area contributed by atoms with Crippen molar-refractivity contribution in [2.45, 2.75) is 39.8 Å². The minimum atomic E-state index is 0.902. The molecule has 2 rings (SSSR count). The molecule has 0 radical (unpaired) electrons. The van der Waals surface area contributed by atoms with E-state index in [0.717, 1.165) is 25.3 Å². The van der Waals surface area contributed by atoms with Crippen molar-refractivity contribution >= 4 is 0 Å². The summed E-state index contributed by atoms with van der Waals surface area (Å²) in [7, 11) is 0. The Morgan fingerprint density at radius 3 is 2.89 bits per heavy atom. The molecule has 0 fully saturated rings. The van der Waals surface area contributed by atoms with E-state index in [0.29, 0.717) is 0 Å². The zero-order chi connectivity index (χ0) is 12.8. The van der Waals surface area contributed by atoms with Gasteiger partial charge in [-0.05, 0) is 33.2 Å². The quantitative estimate of drug-likeness (QED) is 0.733. The Morgan fingerprint density at radius 2 is 2.22 bits per heavy atom. The second-order valence-corrected chi connectivity index (χ2v) is 4.60. The number of aryl methyl sites for hydroxylation is 3. The number of aromatic amines is 1. The number of nitrogens with zero attached hydrogens (tertiary/aromatic N) is 3. The van der Waals surface area contributed by atoms with Gasteiger partial charge in [-0.2, -0.15) is 5.10 Å². The standard InChI is InChI=1S/C13H21N5/c1-11-13(12(2)17-16-11)9-14-5-3-4-7-18-8-6-15-10-18/h6,8,10,14H,3-5,7,9H2,1-2H3,(H,16,17). The van der Waals surface area contributed by atoms with Gasteiger partial charge in [-0.1, -0.05) is 0 Å². The van der Waals surface area contributed by atoms with Crippen LogP contribution in [0.5, 0.6) is 0 Å². The highest BCUT2D eigenvalue weighted by Crippen LogP contribution is 2.08. The van der Waals surface area contributed by atoms with E-state index in [1.807, 2.05) is 25.6 Å². The van der Waals surface area contributed by atoms with Crippen molar-refractivity contribution in [3.63, 3.8) is 0 Å². The third-order valence-electron chi connectivity index (χ3n) is 3.16. The Hall–Kier alpha value is -1.62. The molecule has 2 N–H and O–H groups in total. The predicted octanol–water partition coefficient (Wildman–Crippen LogP) is 1.79. The highest BCUT2D eigenvalue weighted by molar-refractivity contribution is 5.22. The second kappa shape index (κ2) is 6.35. The lowest BCUT2D eigenvalue weighted by Crippen LogP contribution is -2.16. The molecule has 98 valence electrons. The molecule has 5 nitrogen and oxygen atoms in total. The molecule has 0 atom stereocenters. The first kappa shape index (κ1) is 12.8. The van der Waals surface area contributed by atoms with Crippen LogP contribution in [0.25, 0.3) is 0 Å². The molecule has 0 saturated heterocycles. The average Bonchev–Trinajstić information content (AvgIpc) is 2.97. The summed E-state index contributed by atoms with van der Waals surface area (Å²) in [5.74, 6) is 0. The van der Waals surface area contributed by atoms with Gasteiger partial charge in [-0.15, -0.1) is 0 Å². The first-order chi connectivity index (χ1) is 8.77. The fourth-order valence-electron chi connectivity index (χ4n) is 2.01. The van der Waals surface area contributed by atoms with Crippen molar-refractivity contribution in [1.82, 2.24) is 25.1 Å². The summed E-state index contributed by atoms with van der Waals surface area (Å²) in [5, 5.41) is 10.7. The summed E-state index contributed by atoms with van der Waals surface area (Å²) in [4.78, 5) is 4.03. The van der Waals surface area contributed by atoms with Gasteiger partial charge in [-0.25, -0.2) is 4.98 Å². The summed E-state index contributed by atoms with van der Waals surface area (Å²) in [5.41, 5.74) is 3.56. The van der Waals surface area contributed by atoms with Crippen LogP contribution in [0.4, 0.5) is 0 Å². The van der Waals surface area contributed by atoms with Crippen LogP contribution in [0.1, 0.15) is 29.8 Å². The van der Waals surface area contributed by atoms with Crippen molar-refractivity contribution < 1.29 is 0 Å². The van der Waals surface area contributed by atoms with E-state index in [1.54, 1.807) is 0 Å². The van der Waals surface area contributed by atoms with Crippen molar-refractivity contribution in [2.24, 2.45) is 0 Å². The second-order valence-electron chi connectivity index (χ2n) is 4.60. The smallest absolute Gasteiger partial charge is 0.0945 e. The number of hydrogen-bond acceptors (Lipinski definition) is 3. The predicted molar refractivity (Wildman–Crippen MR) is 71.2 cm³/mol. The Labute approximate surface area is 108 Å². The summed E-state index contributed by atoms with van der Waals surface area (Å²) in [6, 6.07) is 0. The average molecular weight is 247 g/mol. The van der Waals surface area contributed by atoms with Crippen LogP contribution in [0.3, 0.4) is 0 Å². The van der Waals surface area contributed by atoms with E-state index in [1.165, 1.54) is 24.1 Å². The molecule has 0 aromatic carbocycles. The molecule has 0 amide bonds. The van der Waals surface area contributed by atoms with Gasteiger partial charge in [0.1, 0.15) is 0 Å². The molecule has 2 aromatic heterocycles. The van der Waals surface area contributed by atoms with Gasteiger partial charge in [-0.3, -0.25) is 5.10 Å². The van der Waals surface area contributed by atoms with Crippen LogP contribution in [-0.4, -0.2) is 26.3 Å². The van der Waals surface area contributed by atoms with Gasteiger partial charge < -0.3 is 9.88 Å². The molecule has 0 aliphatic rings. The molecule has 0 spiro atoms. The Bertz CT molecular complexity index is 438. The van der Waals surface area contributed by atoms with Crippen LogP contribution in [0.2, 0.25) is 0 Å². The molecule has 5 heteroatoms.